The van der Waals surface area contributed by atoms with Gasteiger partial charge in [-0.05, 0) is 23.6 Å². The van der Waals surface area contributed by atoms with Crippen LogP contribution in [0.1, 0.15) is 19.4 Å². The van der Waals surface area contributed by atoms with Crippen molar-refractivity contribution in [2.75, 3.05) is 13.7 Å². The molecule has 1 aliphatic rings. The van der Waals surface area contributed by atoms with Gasteiger partial charge in [-0.15, -0.1) is 0 Å². The van der Waals surface area contributed by atoms with E-state index in [-0.39, 0.29) is 5.82 Å². The van der Waals surface area contributed by atoms with Crippen LogP contribution < -0.4 is 4.74 Å². The van der Waals surface area contributed by atoms with Gasteiger partial charge >= 0.3 is 0 Å². The number of hydrogen-bond acceptors (Lipinski definition) is 2. The number of methoxy groups -OCH3 is 1. The van der Waals surface area contributed by atoms with E-state index in [9.17, 15) is 4.39 Å². The lowest BCUT2D eigenvalue weighted by Gasteiger charge is -2.27. The number of nitrogens with zero attached hydrogens (tertiary/aromatic N) is 1. The Morgan fingerprint density at radius 1 is 1.44 bits per heavy atom. The standard InChI is InChI=1S/C15H20FNO/c1-11(2)14-5-4-8-17(14)10-12-6-7-15(18-3)13(16)9-12/h4-7,9,11,14H,8,10H2,1-3H3. The Labute approximate surface area is 108 Å². The topological polar surface area (TPSA) is 12.5 Å². The maximum absolute atomic E-state index is 13.6. The number of hydrogen-bond donors (Lipinski definition) is 0. The van der Waals surface area contributed by atoms with Crippen LogP contribution in [-0.4, -0.2) is 24.6 Å². The van der Waals surface area contributed by atoms with Crippen molar-refractivity contribution in [3.63, 3.8) is 0 Å². The van der Waals surface area contributed by atoms with Gasteiger partial charge in [-0.2, -0.15) is 0 Å². The van der Waals surface area contributed by atoms with Crippen LogP contribution in [0.4, 0.5) is 4.39 Å². The SMILES string of the molecule is COc1ccc(CN2CC=CC2C(C)C)cc1F. The third-order valence-corrected chi connectivity index (χ3v) is 3.38. The normalized spacial score (nSPS) is 19.7. The zero-order valence-electron chi connectivity index (χ0n) is 11.2. The summed E-state index contributed by atoms with van der Waals surface area (Å²) >= 11 is 0. The second-order valence-corrected chi connectivity index (χ2v) is 5.06. The van der Waals surface area contributed by atoms with E-state index in [1.54, 1.807) is 12.1 Å². The van der Waals surface area contributed by atoms with Gasteiger partial charge in [0.05, 0.1) is 7.11 Å². The molecule has 1 aliphatic heterocycles. The van der Waals surface area contributed by atoms with Crippen LogP contribution in [0.2, 0.25) is 0 Å². The highest BCUT2D eigenvalue weighted by Crippen LogP contribution is 2.23. The summed E-state index contributed by atoms with van der Waals surface area (Å²) in [6.45, 7) is 6.14. The Balaban J connectivity index is 2.08. The van der Waals surface area contributed by atoms with Gasteiger partial charge in [-0.25, -0.2) is 4.39 Å². The highest BCUT2D eigenvalue weighted by atomic mass is 19.1. The molecular formula is C15H20FNO. The summed E-state index contributed by atoms with van der Waals surface area (Å²) in [5.74, 6) is 0.591. The minimum atomic E-state index is -0.289. The smallest absolute Gasteiger partial charge is 0.165 e. The predicted molar refractivity (Wildman–Crippen MR) is 71.1 cm³/mol. The molecule has 0 saturated carbocycles. The highest BCUT2D eigenvalue weighted by molar-refractivity contribution is 5.29. The molecule has 0 saturated heterocycles. The molecule has 1 atom stereocenters. The first-order valence-corrected chi connectivity index (χ1v) is 6.35. The Bertz CT molecular complexity index is 442. The molecule has 0 fully saturated rings. The molecule has 1 heterocycles. The third kappa shape index (κ3) is 2.72. The van der Waals surface area contributed by atoms with Crippen molar-refractivity contribution in [1.82, 2.24) is 4.90 Å². The van der Waals surface area contributed by atoms with E-state index in [4.69, 9.17) is 4.74 Å². The first-order valence-electron chi connectivity index (χ1n) is 6.35. The summed E-state index contributed by atoms with van der Waals surface area (Å²) in [6, 6.07) is 5.64. The Kier molecular flexibility index (Phi) is 4.02. The number of ether oxygens (including phenoxy) is 1. The molecule has 0 radical (unpaired) electrons. The van der Waals surface area contributed by atoms with E-state index in [0.717, 1.165) is 18.7 Å². The summed E-state index contributed by atoms with van der Waals surface area (Å²) in [7, 11) is 1.48. The summed E-state index contributed by atoms with van der Waals surface area (Å²) in [5, 5.41) is 0. The quantitative estimate of drug-likeness (QED) is 0.760. The molecule has 1 unspecified atom stereocenters. The highest BCUT2D eigenvalue weighted by Gasteiger charge is 2.22. The monoisotopic (exact) mass is 249 g/mol. The molecule has 0 aromatic heterocycles. The van der Waals surface area contributed by atoms with Crippen LogP contribution in [-0.2, 0) is 6.54 Å². The molecule has 2 rings (SSSR count). The van der Waals surface area contributed by atoms with Crippen LogP contribution >= 0.6 is 0 Å². The van der Waals surface area contributed by atoms with Crippen molar-refractivity contribution in [2.24, 2.45) is 5.92 Å². The molecular weight excluding hydrogens is 229 g/mol. The number of rotatable bonds is 4. The first-order chi connectivity index (χ1) is 8.61. The lowest BCUT2D eigenvalue weighted by molar-refractivity contribution is 0.218. The van der Waals surface area contributed by atoms with Gasteiger partial charge in [0.2, 0.25) is 0 Å². The van der Waals surface area contributed by atoms with Gasteiger partial charge in [-0.1, -0.05) is 32.1 Å². The summed E-state index contributed by atoms with van der Waals surface area (Å²) in [4.78, 5) is 2.35. The molecule has 1 aromatic carbocycles. The minimum absolute atomic E-state index is 0.289. The van der Waals surface area contributed by atoms with Crippen molar-refractivity contribution in [3.8, 4) is 5.75 Å². The largest absolute Gasteiger partial charge is 0.494 e. The Morgan fingerprint density at radius 2 is 2.22 bits per heavy atom. The fourth-order valence-electron chi connectivity index (χ4n) is 2.44. The van der Waals surface area contributed by atoms with E-state index >= 15 is 0 Å². The summed E-state index contributed by atoms with van der Waals surface area (Å²) in [6.07, 6.45) is 4.43. The molecule has 0 spiro atoms. The number of benzene rings is 1. The van der Waals surface area contributed by atoms with Crippen molar-refractivity contribution in [2.45, 2.75) is 26.4 Å². The van der Waals surface area contributed by atoms with Gasteiger partial charge in [0, 0.05) is 19.1 Å². The molecule has 18 heavy (non-hydrogen) atoms. The van der Waals surface area contributed by atoms with Gasteiger partial charge < -0.3 is 4.74 Å². The average Bonchev–Trinajstić information content (AvgIpc) is 2.77. The molecule has 3 heteroatoms. The van der Waals surface area contributed by atoms with Gasteiger partial charge in [0.15, 0.2) is 11.6 Å². The van der Waals surface area contributed by atoms with Crippen LogP contribution in [0.3, 0.4) is 0 Å². The Morgan fingerprint density at radius 3 is 2.83 bits per heavy atom. The fraction of sp³-hybridized carbons (Fsp3) is 0.467. The van der Waals surface area contributed by atoms with Crippen molar-refractivity contribution < 1.29 is 9.13 Å². The molecule has 0 bridgehead atoms. The zero-order chi connectivity index (χ0) is 13.1. The average molecular weight is 249 g/mol. The van der Waals surface area contributed by atoms with Crippen molar-refractivity contribution >= 4 is 0 Å². The fourth-order valence-corrected chi connectivity index (χ4v) is 2.44. The van der Waals surface area contributed by atoms with E-state index in [0.29, 0.717) is 17.7 Å². The summed E-state index contributed by atoms with van der Waals surface area (Å²) < 4.78 is 18.5. The van der Waals surface area contributed by atoms with Crippen LogP contribution in [0.15, 0.2) is 30.4 Å². The van der Waals surface area contributed by atoms with Gasteiger partial charge in [-0.3, -0.25) is 4.90 Å². The first kappa shape index (κ1) is 13.1. The van der Waals surface area contributed by atoms with E-state index in [2.05, 4.69) is 30.9 Å². The minimum Gasteiger partial charge on any atom is -0.494 e. The molecule has 0 amide bonds. The van der Waals surface area contributed by atoms with Crippen LogP contribution in [0.25, 0.3) is 0 Å². The summed E-state index contributed by atoms with van der Waals surface area (Å²) in [5.41, 5.74) is 0.989. The zero-order valence-corrected chi connectivity index (χ0v) is 11.2. The van der Waals surface area contributed by atoms with Crippen molar-refractivity contribution in [1.29, 1.82) is 0 Å². The van der Waals surface area contributed by atoms with E-state index in [1.807, 2.05) is 6.07 Å². The lowest BCUT2D eigenvalue weighted by atomic mass is 10.0. The van der Waals surface area contributed by atoms with Crippen LogP contribution in [0.5, 0.6) is 5.75 Å². The predicted octanol–water partition coefficient (Wildman–Crippen LogP) is 3.23. The lowest BCUT2D eigenvalue weighted by Crippen LogP contribution is -2.33. The van der Waals surface area contributed by atoms with Gasteiger partial charge in [0.25, 0.3) is 0 Å². The second-order valence-electron chi connectivity index (χ2n) is 5.06. The molecule has 1 aromatic rings. The third-order valence-electron chi connectivity index (χ3n) is 3.38. The number of halogens is 1. The van der Waals surface area contributed by atoms with Gasteiger partial charge in [0.1, 0.15) is 0 Å². The molecule has 98 valence electrons. The maximum atomic E-state index is 13.6. The second kappa shape index (κ2) is 5.53. The van der Waals surface area contributed by atoms with Crippen LogP contribution in [0, 0.1) is 11.7 Å². The van der Waals surface area contributed by atoms with Crippen molar-refractivity contribution in [3.05, 3.63) is 41.7 Å². The Hall–Kier alpha value is -1.35. The van der Waals surface area contributed by atoms with E-state index < -0.39 is 0 Å². The molecule has 2 nitrogen and oxygen atoms in total. The van der Waals surface area contributed by atoms with E-state index in [1.165, 1.54) is 7.11 Å². The molecule has 0 aliphatic carbocycles. The maximum Gasteiger partial charge on any atom is 0.165 e. The molecule has 0 N–H and O–H groups in total.